The van der Waals surface area contributed by atoms with Crippen molar-refractivity contribution in [2.75, 3.05) is 37.6 Å². The summed E-state index contributed by atoms with van der Waals surface area (Å²) >= 11 is 1.25. The number of carbonyl (C=O) groups is 1. The zero-order valence-corrected chi connectivity index (χ0v) is 19.7. The summed E-state index contributed by atoms with van der Waals surface area (Å²) in [5, 5.41) is 9.45. The third-order valence-electron chi connectivity index (χ3n) is 6.14. The number of hydrogen-bond acceptors (Lipinski definition) is 5. The Bertz CT molecular complexity index is 1080. The Hall–Kier alpha value is -2.43. The highest BCUT2D eigenvalue weighted by atomic mass is 32.2. The zero-order valence-electron chi connectivity index (χ0n) is 18.1. The zero-order chi connectivity index (χ0) is 22.9. The second-order valence-electron chi connectivity index (χ2n) is 8.65. The number of sulfonamides is 1. The molecule has 1 aromatic heterocycles. The molecule has 2 aromatic rings. The van der Waals surface area contributed by atoms with E-state index >= 15 is 0 Å². The molecule has 3 heterocycles. The van der Waals surface area contributed by atoms with E-state index in [1.807, 2.05) is 17.0 Å². The molecule has 32 heavy (non-hydrogen) atoms. The van der Waals surface area contributed by atoms with Gasteiger partial charge in [0.25, 0.3) is 10.0 Å². The molecule has 10 heteroatoms. The monoisotopic (exact) mass is 475 g/mol. The molecule has 0 spiro atoms. The second-order valence-corrected chi connectivity index (χ2v) is 11.8. The lowest BCUT2D eigenvalue weighted by atomic mass is 9.96. The van der Waals surface area contributed by atoms with Crippen molar-refractivity contribution in [1.29, 1.82) is 5.41 Å². The number of anilines is 1. The van der Waals surface area contributed by atoms with Gasteiger partial charge < -0.3 is 10.6 Å². The molecular formula is C22H29N5O3S2. The van der Waals surface area contributed by atoms with Crippen molar-refractivity contribution >= 4 is 38.9 Å². The first-order chi connectivity index (χ1) is 15.3. The molecule has 0 radical (unpaired) electrons. The van der Waals surface area contributed by atoms with E-state index in [4.69, 9.17) is 11.1 Å². The molecule has 0 bridgehead atoms. The second kappa shape index (κ2) is 9.21. The molecule has 172 valence electrons. The maximum Gasteiger partial charge on any atom is 0.324 e. The lowest BCUT2D eigenvalue weighted by molar-refractivity contribution is 0.154. The Morgan fingerprint density at radius 1 is 1.19 bits per heavy atom. The molecule has 2 fully saturated rings. The van der Waals surface area contributed by atoms with E-state index in [1.54, 1.807) is 38.9 Å². The number of carbonyl (C=O) groups excluding carboxylic acids is 1. The Morgan fingerprint density at radius 2 is 1.94 bits per heavy atom. The number of benzene rings is 1. The van der Waals surface area contributed by atoms with E-state index in [0.717, 1.165) is 18.5 Å². The van der Waals surface area contributed by atoms with Crippen LogP contribution in [0.3, 0.4) is 0 Å². The molecule has 0 saturated carbocycles. The topological polar surface area (TPSA) is 111 Å². The Labute approximate surface area is 193 Å². The average molecular weight is 476 g/mol. The molecular weight excluding hydrogens is 446 g/mol. The van der Waals surface area contributed by atoms with E-state index < -0.39 is 10.0 Å². The smallest absolute Gasteiger partial charge is 0.324 e. The van der Waals surface area contributed by atoms with Gasteiger partial charge in [-0.05, 0) is 48.3 Å². The van der Waals surface area contributed by atoms with Crippen LogP contribution in [0.4, 0.5) is 10.5 Å². The molecule has 3 N–H and O–H groups in total. The summed E-state index contributed by atoms with van der Waals surface area (Å²) in [5.41, 5.74) is 6.96. The van der Waals surface area contributed by atoms with Gasteiger partial charge in [-0.3, -0.25) is 10.3 Å². The minimum absolute atomic E-state index is 0.0227. The Balaban J connectivity index is 1.41. The fourth-order valence-corrected chi connectivity index (χ4v) is 7.08. The molecule has 1 unspecified atom stereocenters. The van der Waals surface area contributed by atoms with Gasteiger partial charge in [0, 0.05) is 44.0 Å². The first-order valence-electron chi connectivity index (χ1n) is 10.8. The fourth-order valence-electron chi connectivity index (χ4n) is 4.46. The van der Waals surface area contributed by atoms with Crippen molar-refractivity contribution < 1.29 is 13.2 Å². The number of nitrogens with one attached hydrogen (secondary N) is 1. The van der Waals surface area contributed by atoms with Gasteiger partial charge in [0.2, 0.25) is 0 Å². The minimum atomic E-state index is -3.42. The summed E-state index contributed by atoms with van der Waals surface area (Å²) in [5.74, 6) is 0.544. The molecule has 4 rings (SSSR count). The maximum atomic E-state index is 13.3. The fraction of sp³-hybridized carbons (Fsp3) is 0.455. The lowest BCUT2D eigenvalue weighted by Gasteiger charge is -2.41. The number of nitrogens with zero attached hydrogens (tertiary/aromatic N) is 3. The van der Waals surface area contributed by atoms with Crippen molar-refractivity contribution in [3.8, 4) is 0 Å². The third-order valence-corrected chi connectivity index (χ3v) is 9.41. The number of thiophene rings is 1. The molecule has 1 aromatic carbocycles. The van der Waals surface area contributed by atoms with Gasteiger partial charge in [0.05, 0.1) is 0 Å². The predicted octanol–water partition coefficient (Wildman–Crippen LogP) is 3.01. The Morgan fingerprint density at radius 3 is 2.59 bits per heavy atom. The quantitative estimate of drug-likeness (QED) is 0.494. The van der Waals surface area contributed by atoms with Crippen molar-refractivity contribution in [2.24, 2.45) is 17.6 Å². The van der Waals surface area contributed by atoms with Crippen LogP contribution in [-0.4, -0.2) is 62.2 Å². The number of amidine groups is 1. The van der Waals surface area contributed by atoms with Crippen LogP contribution in [0.1, 0.15) is 25.3 Å². The van der Waals surface area contributed by atoms with Crippen molar-refractivity contribution in [1.82, 2.24) is 9.21 Å². The normalized spacial score (nSPS) is 21.2. The summed E-state index contributed by atoms with van der Waals surface area (Å²) in [6, 6.07) is 10.6. The van der Waals surface area contributed by atoms with Gasteiger partial charge in [-0.15, -0.1) is 11.3 Å². The highest BCUT2D eigenvalue weighted by Gasteiger charge is 2.35. The highest BCUT2D eigenvalue weighted by Crippen LogP contribution is 2.29. The van der Waals surface area contributed by atoms with E-state index in [0.29, 0.717) is 48.4 Å². The first kappa shape index (κ1) is 22.8. The van der Waals surface area contributed by atoms with E-state index in [2.05, 4.69) is 6.92 Å². The van der Waals surface area contributed by atoms with Crippen LogP contribution in [0.25, 0.3) is 0 Å². The number of nitrogens with two attached hydrogens (primary N) is 1. The molecule has 2 aliphatic heterocycles. The van der Waals surface area contributed by atoms with Gasteiger partial charge in [-0.25, -0.2) is 13.2 Å². The van der Waals surface area contributed by atoms with Crippen LogP contribution in [0.15, 0.2) is 46.0 Å². The highest BCUT2D eigenvalue weighted by molar-refractivity contribution is 7.91. The number of urea groups is 1. The van der Waals surface area contributed by atoms with Gasteiger partial charge >= 0.3 is 6.03 Å². The van der Waals surface area contributed by atoms with Crippen molar-refractivity contribution in [3.63, 3.8) is 0 Å². The average Bonchev–Trinajstić information content (AvgIpc) is 3.32. The first-order valence-corrected chi connectivity index (χ1v) is 13.1. The number of hydrogen-bond donors (Lipinski definition) is 2. The van der Waals surface area contributed by atoms with Crippen LogP contribution in [0.5, 0.6) is 0 Å². The summed E-state index contributed by atoms with van der Waals surface area (Å²) < 4.78 is 27.5. The minimum Gasteiger partial charge on any atom is -0.384 e. The van der Waals surface area contributed by atoms with E-state index in [1.165, 1.54) is 11.3 Å². The SMILES string of the molecule is CC1CN(CC2CCN(S(=O)(=O)c3cccs3)CC2)C(=O)N(c2cccc(C(=N)N)c2)C1. The predicted molar refractivity (Wildman–Crippen MR) is 127 cm³/mol. The van der Waals surface area contributed by atoms with Crippen molar-refractivity contribution in [3.05, 3.63) is 47.3 Å². The van der Waals surface area contributed by atoms with Crippen molar-refractivity contribution in [2.45, 2.75) is 24.0 Å². The van der Waals surface area contributed by atoms with Gasteiger partial charge in [-0.2, -0.15) is 4.31 Å². The number of nitrogen functional groups attached to an aromatic ring is 1. The molecule has 2 aliphatic rings. The Kier molecular flexibility index (Phi) is 6.55. The van der Waals surface area contributed by atoms with E-state index in [-0.39, 0.29) is 17.8 Å². The molecule has 8 nitrogen and oxygen atoms in total. The number of amides is 2. The molecule has 0 aliphatic carbocycles. The number of rotatable bonds is 6. The largest absolute Gasteiger partial charge is 0.384 e. The van der Waals surface area contributed by atoms with Gasteiger partial charge in [-0.1, -0.05) is 25.1 Å². The summed E-state index contributed by atoms with van der Waals surface area (Å²) in [6.45, 7) is 5.01. The van der Waals surface area contributed by atoms with E-state index in [9.17, 15) is 13.2 Å². The number of piperidine rings is 1. The van der Waals surface area contributed by atoms with Crippen LogP contribution in [0.2, 0.25) is 0 Å². The van der Waals surface area contributed by atoms with Crippen LogP contribution in [0, 0.1) is 17.2 Å². The summed E-state index contributed by atoms with van der Waals surface area (Å²) in [7, 11) is -3.42. The summed E-state index contributed by atoms with van der Waals surface area (Å²) in [4.78, 5) is 16.9. The molecule has 1 atom stereocenters. The summed E-state index contributed by atoms with van der Waals surface area (Å²) in [6.07, 6.45) is 1.48. The lowest BCUT2D eigenvalue weighted by Crippen LogP contribution is -2.55. The maximum absolute atomic E-state index is 13.3. The third kappa shape index (κ3) is 4.67. The molecule has 2 saturated heterocycles. The van der Waals surface area contributed by atoms with Crippen LogP contribution < -0.4 is 10.6 Å². The van der Waals surface area contributed by atoms with Crippen LogP contribution >= 0.6 is 11.3 Å². The van der Waals surface area contributed by atoms with Gasteiger partial charge in [0.1, 0.15) is 10.0 Å². The van der Waals surface area contributed by atoms with Crippen LogP contribution in [-0.2, 0) is 10.0 Å². The standard InChI is InChI=1S/C22H29N5O3S2/c1-16-13-25(22(28)27(14-16)19-5-2-4-18(12-19)21(23)24)15-17-7-9-26(10-8-17)32(29,30)20-6-3-11-31-20/h2-6,11-12,16-17H,7-10,13-15H2,1H3,(H3,23,24). The molecule has 2 amide bonds. The van der Waals surface area contributed by atoms with Gasteiger partial charge in [0.15, 0.2) is 0 Å².